The molecular weight excluding hydrogens is 275 g/mol. The van der Waals surface area contributed by atoms with Crippen molar-refractivity contribution in [2.45, 2.75) is 26.2 Å². The summed E-state index contributed by atoms with van der Waals surface area (Å²) in [4.78, 5) is 23.0. The van der Waals surface area contributed by atoms with Crippen LogP contribution in [0.15, 0.2) is 18.2 Å². The highest BCUT2D eigenvalue weighted by atomic mass is 19.1. The lowest BCUT2D eigenvalue weighted by Crippen LogP contribution is -2.31. The molecular formula is C15H21FN2O3. The molecule has 0 saturated carbocycles. The highest BCUT2D eigenvalue weighted by Crippen LogP contribution is 2.17. The second-order valence-electron chi connectivity index (χ2n) is 4.60. The fourth-order valence-electron chi connectivity index (χ4n) is 1.74. The molecule has 0 radical (unpaired) electrons. The first kappa shape index (κ1) is 16.9. The van der Waals surface area contributed by atoms with Crippen LogP contribution in [0.25, 0.3) is 0 Å². The Kier molecular flexibility index (Phi) is 7.21. The van der Waals surface area contributed by atoms with Crippen molar-refractivity contribution in [1.82, 2.24) is 10.6 Å². The molecule has 1 rings (SSSR count). The molecule has 0 spiro atoms. The number of carbonyl (C=O) groups is 2. The first-order valence-electron chi connectivity index (χ1n) is 6.92. The summed E-state index contributed by atoms with van der Waals surface area (Å²) in [5.41, 5.74) is 0.557. The third-order valence-electron chi connectivity index (χ3n) is 2.83. The number of carbonyl (C=O) groups excluding carboxylic acids is 2. The second kappa shape index (κ2) is 8.94. The molecule has 5 nitrogen and oxygen atoms in total. The summed E-state index contributed by atoms with van der Waals surface area (Å²) in [6, 6.07) is 4.39. The molecule has 0 heterocycles. The number of benzene rings is 1. The minimum absolute atomic E-state index is 0.0670. The number of methoxy groups -OCH3 is 1. The van der Waals surface area contributed by atoms with Crippen LogP contribution in [-0.2, 0) is 16.0 Å². The van der Waals surface area contributed by atoms with Crippen molar-refractivity contribution in [2.75, 3.05) is 20.2 Å². The van der Waals surface area contributed by atoms with E-state index in [4.69, 9.17) is 4.74 Å². The van der Waals surface area contributed by atoms with Crippen molar-refractivity contribution in [3.8, 4) is 5.75 Å². The molecule has 0 aliphatic heterocycles. The Labute approximate surface area is 123 Å². The molecule has 0 bridgehead atoms. The summed E-state index contributed by atoms with van der Waals surface area (Å²) in [7, 11) is 1.38. The number of hydrogen-bond donors (Lipinski definition) is 2. The monoisotopic (exact) mass is 296 g/mol. The van der Waals surface area contributed by atoms with Crippen molar-refractivity contribution in [2.24, 2.45) is 0 Å². The summed E-state index contributed by atoms with van der Waals surface area (Å²) < 4.78 is 18.3. The first-order valence-corrected chi connectivity index (χ1v) is 6.92. The van der Waals surface area contributed by atoms with Crippen LogP contribution in [0.2, 0.25) is 0 Å². The number of nitrogens with one attached hydrogen (secondary N) is 2. The van der Waals surface area contributed by atoms with Gasteiger partial charge in [0.15, 0.2) is 11.6 Å². The zero-order valence-corrected chi connectivity index (χ0v) is 12.4. The molecule has 0 aliphatic rings. The Balaban J connectivity index is 2.34. The SMILES string of the molecule is CCCNC(=O)CCNC(=O)Cc1ccc(OC)c(F)c1. The lowest BCUT2D eigenvalue weighted by atomic mass is 10.1. The zero-order chi connectivity index (χ0) is 15.7. The van der Waals surface area contributed by atoms with Crippen molar-refractivity contribution < 1.29 is 18.7 Å². The third-order valence-corrected chi connectivity index (χ3v) is 2.83. The van der Waals surface area contributed by atoms with Gasteiger partial charge in [0.1, 0.15) is 0 Å². The first-order chi connectivity index (χ1) is 10.1. The van der Waals surface area contributed by atoms with E-state index < -0.39 is 5.82 Å². The van der Waals surface area contributed by atoms with Crippen LogP contribution in [0.3, 0.4) is 0 Å². The van der Waals surface area contributed by atoms with Crippen LogP contribution in [0.1, 0.15) is 25.3 Å². The highest BCUT2D eigenvalue weighted by molar-refractivity contribution is 5.80. The maximum atomic E-state index is 13.5. The largest absolute Gasteiger partial charge is 0.494 e. The van der Waals surface area contributed by atoms with E-state index in [0.29, 0.717) is 12.1 Å². The van der Waals surface area contributed by atoms with E-state index in [9.17, 15) is 14.0 Å². The minimum Gasteiger partial charge on any atom is -0.494 e. The predicted octanol–water partition coefficient (Wildman–Crippen LogP) is 1.41. The van der Waals surface area contributed by atoms with Crippen molar-refractivity contribution in [1.29, 1.82) is 0 Å². The second-order valence-corrected chi connectivity index (χ2v) is 4.60. The molecule has 0 unspecified atom stereocenters. The van der Waals surface area contributed by atoms with Gasteiger partial charge >= 0.3 is 0 Å². The molecule has 0 fully saturated rings. The number of halogens is 1. The average molecular weight is 296 g/mol. The summed E-state index contributed by atoms with van der Waals surface area (Å²) in [6.07, 6.45) is 1.18. The van der Waals surface area contributed by atoms with Crippen molar-refractivity contribution in [3.05, 3.63) is 29.6 Å². The van der Waals surface area contributed by atoms with E-state index in [2.05, 4.69) is 10.6 Å². The van der Waals surface area contributed by atoms with Crippen LogP contribution in [0, 0.1) is 5.82 Å². The van der Waals surface area contributed by atoms with Crippen molar-refractivity contribution in [3.63, 3.8) is 0 Å². The third kappa shape index (κ3) is 6.25. The van der Waals surface area contributed by atoms with Crippen LogP contribution in [0.5, 0.6) is 5.75 Å². The predicted molar refractivity (Wildman–Crippen MR) is 77.6 cm³/mol. The van der Waals surface area contributed by atoms with Gasteiger partial charge < -0.3 is 15.4 Å². The van der Waals surface area contributed by atoms with Gasteiger partial charge in [0, 0.05) is 19.5 Å². The quantitative estimate of drug-likeness (QED) is 0.762. The molecule has 116 valence electrons. The molecule has 6 heteroatoms. The highest BCUT2D eigenvalue weighted by Gasteiger charge is 2.08. The fourth-order valence-corrected chi connectivity index (χ4v) is 1.74. The van der Waals surface area contributed by atoms with Crippen LogP contribution < -0.4 is 15.4 Å². The number of ether oxygens (including phenoxy) is 1. The molecule has 0 saturated heterocycles. The van der Waals surface area contributed by atoms with Gasteiger partial charge in [-0.2, -0.15) is 0 Å². The number of amides is 2. The van der Waals surface area contributed by atoms with Crippen LogP contribution >= 0.6 is 0 Å². The van der Waals surface area contributed by atoms with E-state index in [1.165, 1.54) is 19.2 Å². The van der Waals surface area contributed by atoms with Gasteiger partial charge in [-0.3, -0.25) is 9.59 Å². The Morgan fingerprint density at radius 1 is 1.19 bits per heavy atom. The Hall–Kier alpha value is -2.11. The molecule has 21 heavy (non-hydrogen) atoms. The summed E-state index contributed by atoms with van der Waals surface area (Å²) in [6.45, 7) is 2.88. The Morgan fingerprint density at radius 3 is 2.52 bits per heavy atom. The molecule has 0 aromatic heterocycles. The van der Waals surface area contributed by atoms with Gasteiger partial charge in [0.2, 0.25) is 11.8 Å². The molecule has 0 aliphatic carbocycles. The maximum absolute atomic E-state index is 13.5. The smallest absolute Gasteiger partial charge is 0.224 e. The van der Waals surface area contributed by atoms with Gasteiger partial charge in [-0.25, -0.2) is 4.39 Å². The van der Waals surface area contributed by atoms with Crippen LogP contribution in [0.4, 0.5) is 4.39 Å². The lowest BCUT2D eigenvalue weighted by Gasteiger charge is -2.07. The maximum Gasteiger partial charge on any atom is 0.224 e. The lowest BCUT2D eigenvalue weighted by molar-refractivity contribution is -0.122. The van der Waals surface area contributed by atoms with E-state index in [1.54, 1.807) is 6.07 Å². The summed E-state index contributed by atoms with van der Waals surface area (Å²) >= 11 is 0. The normalized spacial score (nSPS) is 10.0. The molecule has 1 aromatic carbocycles. The van der Waals surface area contributed by atoms with Gasteiger partial charge in [-0.05, 0) is 24.1 Å². The molecule has 2 amide bonds. The van der Waals surface area contributed by atoms with Crippen LogP contribution in [-0.4, -0.2) is 32.0 Å². The Morgan fingerprint density at radius 2 is 1.90 bits per heavy atom. The Bertz CT molecular complexity index is 492. The average Bonchev–Trinajstić information content (AvgIpc) is 2.45. The molecule has 1 aromatic rings. The van der Waals surface area contributed by atoms with E-state index in [0.717, 1.165) is 6.42 Å². The minimum atomic E-state index is -0.498. The van der Waals surface area contributed by atoms with E-state index >= 15 is 0 Å². The van der Waals surface area contributed by atoms with E-state index in [1.807, 2.05) is 6.92 Å². The summed E-state index contributed by atoms with van der Waals surface area (Å²) in [5.74, 6) is -0.691. The zero-order valence-electron chi connectivity index (χ0n) is 12.4. The molecule has 0 atom stereocenters. The van der Waals surface area contributed by atoms with Gasteiger partial charge in [-0.1, -0.05) is 13.0 Å². The van der Waals surface area contributed by atoms with Crippen molar-refractivity contribution >= 4 is 11.8 Å². The molecule has 2 N–H and O–H groups in total. The van der Waals surface area contributed by atoms with Gasteiger partial charge in [-0.15, -0.1) is 0 Å². The topological polar surface area (TPSA) is 67.4 Å². The summed E-state index contributed by atoms with van der Waals surface area (Å²) in [5, 5.41) is 5.36. The van der Waals surface area contributed by atoms with E-state index in [-0.39, 0.29) is 37.0 Å². The fraction of sp³-hybridized carbons (Fsp3) is 0.467. The standard InChI is InChI=1S/C15H21FN2O3/c1-3-7-17-14(19)6-8-18-15(20)10-11-4-5-13(21-2)12(16)9-11/h4-5,9H,3,6-8,10H2,1-2H3,(H,17,19)(H,18,20). The number of hydrogen-bond acceptors (Lipinski definition) is 3. The van der Waals surface area contributed by atoms with Gasteiger partial charge in [0.05, 0.1) is 13.5 Å². The van der Waals surface area contributed by atoms with Gasteiger partial charge in [0.25, 0.3) is 0 Å². The number of rotatable bonds is 8.